The van der Waals surface area contributed by atoms with Crippen LogP contribution in [0.15, 0.2) is 54.6 Å². The number of aryl methyl sites for hydroxylation is 2. The summed E-state index contributed by atoms with van der Waals surface area (Å²) in [6.45, 7) is 3.43. The standard InChI is InChI=1S/C22H23N5O3/c1-15-23-17-10-6-7-11-18(17)26(15)14-19(28)25-27-20(29)22(2,24-21(27)30)13-12-16-8-4-3-5-9-16/h3-11H,12-14H2,1-2H3,(H,24,30)(H,25,28)/t22-/m0/s1. The molecule has 8 nitrogen and oxygen atoms in total. The lowest BCUT2D eigenvalue weighted by atomic mass is 9.93. The largest absolute Gasteiger partial charge is 0.344 e. The van der Waals surface area contributed by atoms with Gasteiger partial charge in [0.25, 0.3) is 11.8 Å². The van der Waals surface area contributed by atoms with E-state index in [2.05, 4.69) is 15.7 Å². The number of para-hydroxylation sites is 2. The van der Waals surface area contributed by atoms with E-state index in [-0.39, 0.29) is 6.54 Å². The van der Waals surface area contributed by atoms with Gasteiger partial charge in [-0.3, -0.25) is 15.0 Å². The molecule has 0 unspecified atom stereocenters. The summed E-state index contributed by atoms with van der Waals surface area (Å²) < 4.78 is 1.75. The Morgan fingerprint density at radius 2 is 1.80 bits per heavy atom. The van der Waals surface area contributed by atoms with E-state index >= 15 is 0 Å². The van der Waals surface area contributed by atoms with E-state index in [1.165, 1.54) is 0 Å². The van der Waals surface area contributed by atoms with Gasteiger partial charge >= 0.3 is 6.03 Å². The fourth-order valence-electron chi connectivity index (χ4n) is 3.69. The highest BCUT2D eigenvalue weighted by Gasteiger charge is 2.48. The number of urea groups is 1. The number of benzene rings is 2. The Balaban J connectivity index is 1.44. The van der Waals surface area contributed by atoms with Crippen molar-refractivity contribution in [1.82, 2.24) is 25.3 Å². The first-order valence-corrected chi connectivity index (χ1v) is 9.79. The molecular weight excluding hydrogens is 382 g/mol. The number of imidazole rings is 1. The molecular formula is C22H23N5O3. The predicted molar refractivity (Wildman–Crippen MR) is 111 cm³/mol. The minimum Gasteiger partial charge on any atom is -0.322 e. The van der Waals surface area contributed by atoms with Crippen LogP contribution in [-0.4, -0.2) is 37.9 Å². The molecule has 4 amide bonds. The molecule has 0 spiro atoms. The highest BCUT2D eigenvalue weighted by molar-refractivity contribution is 6.07. The third-order valence-electron chi connectivity index (χ3n) is 5.40. The van der Waals surface area contributed by atoms with Crippen molar-refractivity contribution in [2.45, 2.75) is 38.8 Å². The molecule has 1 aromatic heterocycles. The molecule has 4 rings (SSSR count). The van der Waals surface area contributed by atoms with E-state index in [0.29, 0.717) is 18.7 Å². The minimum absolute atomic E-state index is 0.0515. The zero-order valence-corrected chi connectivity index (χ0v) is 16.9. The Kier molecular flexibility index (Phi) is 4.99. The number of hydrogen-bond acceptors (Lipinski definition) is 4. The van der Waals surface area contributed by atoms with Crippen LogP contribution in [0.5, 0.6) is 0 Å². The van der Waals surface area contributed by atoms with Gasteiger partial charge in [-0.15, -0.1) is 0 Å². The predicted octanol–water partition coefficient (Wildman–Crippen LogP) is 2.32. The second-order valence-electron chi connectivity index (χ2n) is 7.66. The molecule has 2 aromatic carbocycles. The number of nitrogens with zero attached hydrogens (tertiary/aromatic N) is 3. The molecule has 0 bridgehead atoms. The van der Waals surface area contributed by atoms with Crippen LogP contribution in [0.3, 0.4) is 0 Å². The van der Waals surface area contributed by atoms with Crippen LogP contribution in [0, 0.1) is 6.92 Å². The Hall–Kier alpha value is -3.68. The number of aromatic nitrogens is 2. The van der Waals surface area contributed by atoms with Gasteiger partial charge in [-0.1, -0.05) is 42.5 Å². The Bertz CT molecular complexity index is 1120. The number of carbonyl (C=O) groups excluding carboxylic acids is 3. The van der Waals surface area contributed by atoms with Crippen molar-refractivity contribution in [1.29, 1.82) is 0 Å². The van der Waals surface area contributed by atoms with E-state index in [1.54, 1.807) is 11.5 Å². The average molecular weight is 405 g/mol. The van der Waals surface area contributed by atoms with Crippen molar-refractivity contribution >= 4 is 28.9 Å². The molecule has 8 heteroatoms. The fraction of sp³-hybridized carbons (Fsp3) is 0.273. The lowest BCUT2D eigenvalue weighted by Gasteiger charge is -2.21. The maximum absolute atomic E-state index is 12.9. The van der Waals surface area contributed by atoms with E-state index in [1.807, 2.05) is 61.5 Å². The van der Waals surface area contributed by atoms with Gasteiger partial charge < -0.3 is 9.88 Å². The van der Waals surface area contributed by atoms with E-state index < -0.39 is 23.4 Å². The maximum Gasteiger partial charge on any atom is 0.344 e. The molecule has 2 N–H and O–H groups in total. The van der Waals surface area contributed by atoms with Crippen LogP contribution in [0.1, 0.15) is 24.7 Å². The molecule has 1 fully saturated rings. The lowest BCUT2D eigenvalue weighted by Crippen LogP contribution is -2.49. The van der Waals surface area contributed by atoms with Crippen LogP contribution < -0.4 is 10.7 Å². The normalized spacial score (nSPS) is 18.7. The van der Waals surface area contributed by atoms with Crippen LogP contribution in [0.2, 0.25) is 0 Å². The van der Waals surface area contributed by atoms with Crippen LogP contribution >= 0.6 is 0 Å². The Labute approximate surface area is 173 Å². The molecule has 154 valence electrons. The molecule has 30 heavy (non-hydrogen) atoms. The summed E-state index contributed by atoms with van der Waals surface area (Å²) in [5, 5.41) is 3.49. The molecule has 2 heterocycles. The van der Waals surface area contributed by atoms with Crippen molar-refractivity contribution in [3.8, 4) is 0 Å². The first kappa shape index (κ1) is 19.6. The molecule has 1 aliphatic rings. The summed E-state index contributed by atoms with van der Waals surface area (Å²) in [6.07, 6.45) is 1.06. The highest BCUT2D eigenvalue weighted by Crippen LogP contribution is 2.22. The first-order valence-electron chi connectivity index (χ1n) is 9.79. The van der Waals surface area contributed by atoms with Crippen molar-refractivity contribution in [3.63, 3.8) is 0 Å². The number of amides is 4. The van der Waals surface area contributed by atoms with Gasteiger partial charge in [0.05, 0.1) is 11.0 Å². The van der Waals surface area contributed by atoms with E-state index in [0.717, 1.165) is 21.6 Å². The molecule has 0 aliphatic carbocycles. The number of carbonyl (C=O) groups is 3. The van der Waals surface area contributed by atoms with Crippen molar-refractivity contribution in [3.05, 3.63) is 66.0 Å². The van der Waals surface area contributed by atoms with E-state index in [9.17, 15) is 14.4 Å². The second kappa shape index (κ2) is 7.62. The van der Waals surface area contributed by atoms with Crippen molar-refractivity contribution < 1.29 is 14.4 Å². The van der Waals surface area contributed by atoms with Gasteiger partial charge in [0.2, 0.25) is 0 Å². The third kappa shape index (κ3) is 3.63. The van der Waals surface area contributed by atoms with E-state index in [4.69, 9.17) is 0 Å². The molecule has 3 aromatic rings. The summed E-state index contributed by atoms with van der Waals surface area (Å²) in [6, 6.07) is 16.6. The summed E-state index contributed by atoms with van der Waals surface area (Å²) in [5.41, 5.74) is 4.05. The van der Waals surface area contributed by atoms with Gasteiger partial charge in [0, 0.05) is 0 Å². The van der Waals surface area contributed by atoms with Gasteiger partial charge in [-0.2, -0.15) is 5.01 Å². The topological polar surface area (TPSA) is 96.3 Å². The summed E-state index contributed by atoms with van der Waals surface area (Å²) >= 11 is 0. The number of hydrazine groups is 1. The lowest BCUT2D eigenvalue weighted by molar-refractivity contribution is -0.139. The van der Waals surface area contributed by atoms with Crippen LogP contribution in [-0.2, 0) is 22.6 Å². The zero-order chi connectivity index (χ0) is 21.3. The fourth-order valence-corrected chi connectivity index (χ4v) is 3.69. The SMILES string of the molecule is Cc1nc2ccccc2n1CC(=O)NN1C(=O)N[C@@](C)(CCc2ccccc2)C1=O. The van der Waals surface area contributed by atoms with Gasteiger partial charge in [-0.05, 0) is 44.4 Å². The Morgan fingerprint density at radius 1 is 1.10 bits per heavy atom. The zero-order valence-electron chi connectivity index (χ0n) is 16.9. The monoisotopic (exact) mass is 405 g/mol. The quantitative estimate of drug-likeness (QED) is 0.615. The molecule has 1 saturated heterocycles. The number of hydrogen-bond donors (Lipinski definition) is 2. The van der Waals surface area contributed by atoms with Gasteiger partial charge in [0.15, 0.2) is 0 Å². The smallest absolute Gasteiger partial charge is 0.322 e. The van der Waals surface area contributed by atoms with Crippen LogP contribution in [0.25, 0.3) is 11.0 Å². The maximum atomic E-state index is 12.9. The third-order valence-corrected chi connectivity index (χ3v) is 5.40. The number of nitrogens with one attached hydrogen (secondary N) is 2. The Morgan fingerprint density at radius 3 is 2.57 bits per heavy atom. The summed E-state index contributed by atoms with van der Waals surface area (Å²) in [7, 11) is 0. The number of rotatable bonds is 6. The number of imide groups is 1. The minimum atomic E-state index is -1.07. The van der Waals surface area contributed by atoms with Gasteiger partial charge in [-0.25, -0.2) is 9.78 Å². The molecule has 1 atom stereocenters. The van der Waals surface area contributed by atoms with Crippen LogP contribution in [0.4, 0.5) is 4.79 Å². The average Bonchev–Trinajstić information content (AvgIpc) is 3.16. The molecule has 0 saturated carbocycles. The van der Waals surface area contributed by atoms with Crippen molar-refractivity contribution in [2.24, 2.45) is 0 Å². The highest BCUT2D eigenvalue weighted by atomic mass is 16.2. The summed E-state index contributed by atoms with van der Waals surface area (Å²) in [5.74, 6) is -0.266. The van der Waals surface area contributed by atoms with Gasteiger partial charge in [0.1, 0.15) is 17.9 Å². The number of fused-ring (bicyclic) bond motifs is 1. The molecule has 1 aliphatic heterocycles. The molecule has 0 radical (unpaired) electrons. The van der Waals surface area contributed by atoms with Crippen molar-refractivity contribution in [2.75, 3.05) is 0 Å². The second-order valence-corrected chi connectivity index (χ2v) is 7.66. The summed E-state index contributed by atoms with van der Waals surface area (Å²) in [4.78, 5) is 42.3. The first-order chi connectivity index (χ1) is 14.4.